The number of nitrogens with one attached hydrogen (secondary N) is 2. The van der Waals surface area contributed by atoms with E-state index >= 15 is 0 Å². The molecule has 2 rings (SSSR count). The third-order valence-electron chi connectivity index (χ3n) is 3.14. The Hall–Kier alpha value is -1.56. The van der Waals surface area contributed by atoms with Crippen LogP contribution in [0.15, 0.2) is 18.2 Å². The SMILES string of the molecule is CC(CCS(C)=O)NC(=O)c1cccc2c1OCCN2. The molecule has 110 valence electrons. The van der Waals surface area contributed by atoms with Gasteiger partial charge in [0.15, 0.2) is 5.75 Å². The number of ether oxygens (including phenoxy) is 1. The van der Waals surface area contributed by atoms with Gasteiger partial charge in [-0.3, -0.25) is 9.00 Å². The van der Waals surface area contributed by atoms with Crippen LogP contribution in [-0.2, 0) is 10.8 Å². The highest BCUT2D eigenvalue weighted by molar-refractivity contribution is 7.84. The topological polar surface area (TPSA) is 67.4 Å². The number of amides is 1. The van der Waals surface area contributed by atoms with E-state index < -0.39 is 10.8 Å². The molecule has 0 spiro atoms. The molecule has 1 heterocycles. The zero-order valence-corrected chi connectivity index (χ0v) is 12.6. The van der Waals surface area contributed by atoms with Crippen LogP contribution in [0, 0.1) is 0 Å². The van der Waals surface area contributed by atoms with Crippen molar-refractivity contribution in [1.29, 1.82) is 0 Å². The maximum absolute atomic E-state index is 12.3. The normalized spacial score (nSPS) is 16.3. The second kappa shape index (κ2) is 6.74. The Labute approximate surface area is 121 Å². The first-order chi connectivity index (χ1) is 9.58. The number of hydrogen-bond donors (Lipinski definition) is 2. The Balaban J connectivity index is 2.04. The summed E-state index contributed by atoms with van der Waals surface area (Å²) in [4.78, 5) is 12.3. The minimum absolute atomic E-state index is 0.0150. The van der Waals surface area contributed by atoms with Gasteiger partial charge in [-0.05, 0) is 25.5 Å². The molecular formula is C14H20N2O3S. The van der Waals surface area contributed by atoms with Crippen LogP contribution in [0.25, 0.3) is 0 Å². The van der Waals surface area contributed by atoms with Gasteiger partial charge in [0.25, 0.3) is 5.91 Å². The highest BCUT2D eigenvalue weighted by Crippen LogP contribution is 2.31. The van der Waals surface area contributed by atoms with Crippen molar-refractivity contribution >= 4 is 22.4 Å². The van der Waals surface area contributed by atoms with Crippen molar-refractivity contribution in [1.82, 2.24) is 5.32 Å². The summed E-state index contributed by atoms with van der Waals surface area (Å²) in [5.74, 6) is 1.05. The van der Waals surface area contributed by atoms with Crippen LogP contribution < -0.4 is 15.4 Å². The number of benzene rings is 1. The average molecular weight is 296 g/mol. The Morgan fingerprint density at radius 2 is 2.35 bits per heavy atom. The molecule has 2 atom stereocenters. The molecule has 0 radical (unpaired) electrons. The number of para-hydroxylation sites is 1. The van der Waals surface area contributed by atoms with E-state index in [0.717, 1.165) is 12.2 Å². The summed E-state index contributed by atoms with van der Waals surface area (Å²) < 4.78 is 16.6. The maximum atomic E-state index is 12.3. The lowest BCUT2D eigenvalue weighted by atomic mass is 10.1. The molecule has 20 heavy (non-hydrogen) atoms. The summed E-state index contributed by atoms with van der Waals surface area (Å²) in [6, 6.07) is 5.47. The first kappa shape index (κ1) is 14.8. The van der Waals surface area contributed by atoms with E-state index in [2.05, 4.69) is 10.6 Å². The molecule has 2 unspecified atom stereocenters. The van der Waals surface area contributed by atoms with Gasteiger partial charge in [0.05, 0.1) is 11.3 Å². The predicted molar refractivity (Wildman–Crippen MR) is 80.9 cm³/mol. The minimum atomic E-state index is -0.833. The number of hydrogen-bond acceptors (Lipinski definition) is 4. The fraction of sp³-hybridized carbons (Fsp3) is 0.500. The van der Waals surface area contributed by atoms with Gasteiger partial charge in [-0.25, -0.2) is 0 Å². The zero-order chi connectivity index (χ0) is 14.5. The van der Waals surface area contributed by atoms with E-state index in [4.69, 9.17) is 4.74 Å². The smallest absolute Gasteiger partial charge is 0.255 e. The van der Waals surface area contributed by atoms with Gasteiger partial charge in [0.1, 0.15) is 6.61 Å². The van der Waals surface area contributed by atoms with Gasteiger partial charge in [-0.15, -0.1) is 0 Å². The summed E-state index contributed by atoms with van der Waals surface area (Å²) in [5.41, 5.74) is 1.39. The summed E-state index contributed by atoms with van der Waals surface area (Å²) in [5, 5.41) is 6.13. The van der Waals surface area contributed by atoms with Gasteiger partial charge in [-0.1, -0.05) is 6.07 Å². The van der Waals surface area contributed by atoms with Gasteiger partial charge >= 0.3 is 0 Å². The van der Waals surface area contributed by atoms with Crippen LogP contribution in [0.5, 0.6) is 5.75 Å². The van der Waals surface area contributed by atoms with E-state index in [9.17, 15) is 9.00 Å². The largest absolute Gasteiger partial charge is 0.489 e. The van der Waals surface area contributed by atoms with Crippen molar-refractivity contribution in [3.8, 4) is 5.75 Å². The van der Waals surface area contributed by atoms with Crippen molar-refractivity contribution in [2.45, 2.75) is 19.4 Å². The fourth-order valence-electron chi connectivity index (χ4n) is 2.07. The minimum Gasteiger partial charge on any atom is -0.489 e. The quantitative estimate of drug-likeness (QED) is 0.861. The second-order valence-corrected chi connectivity index (χ2v) is 6.45. The highest BCUT2D eigenvalue weighted by atomic mass is 32.2. The van der Waals surface area contributed by atoms with Crippen molar-refractivity contribution in [2.24, 2.45) is 0 Å². The third-order valence-corrected chi connectivity index (χ3v) is 3.95. The van der Waals surface area contributed by atoms with Crippen molar-refractivity contribution < 1.29 is 13.7 Å². The number of rotatable bonds is 5. The van der Waals surface area contributed by atoms with Crippen molar-refractivity contribution in [3.63, 3.8) is 0 Å². The molecule has 6 heteroatoms. The molecule has 0 aliphatic carbocycles. The first-order valence-corrected chi connectivity index (χ1v) is 8.41. The molecule has 1 aromatic carbocycles. The van der Waals surface area contributed by atoms with E-state index in [1.807, 2.05) is 19.1 Å². The summed E-state index contributed by atoms with van der Waals surface area (Å²) in [7, 11) is -0.833. The Morgan fingerprint density at radius 1 is 1.55 bits per heavy atom. The zero-order valence-electron chi connectivity index (χ0n) is 11.8. The molecule has 0 fully saturated rings. The molecule has 0 saturated heterocycles. The highest BCUT2D eigenvalue weighted by Gasteiger charge is 2.19. The number of fused-ring (bicyclic) bond motifs is 1. The van der Waals surface area contributed by atoms with Crippen LogP contribution in [0.1, 0.15) is 23.7 Å². The van der Waals surface area contributed by atoms with Crippen LogP contribution >= 0.6 is 0 Å². The molecule has 1 aliphatic rings. The van der Waals surface area contributed by atoms with Crippen molar-refractivity contribution in [3.05, 3.63) is 23.8 Å². The predicted octanol–water partition coefficient (Wildman–Crippen LogP) is 1.38. The average Bonchev–Trinajstić information content (AvgIpc) is 2.44. The van der Waals surface area contributed by atoms with Crippen LogP contribution in [0.3, 0.4) is 0 Å². The van der Waals surface area contributed by atoms with Gasteiger partial charge in [-0.2, -0.15) is 0 Å². The van der Waals surface area contributed by atoms with Crippen molar-refractivity contribution in [2.75, 3.05) is 30.5 Å². The summed E-state index contributed by atoms with van der Waals surface area (Å²) >= 11 is 0. The summed E-state index contributed by atoms with van der Waals surface area (Å²) in [6.07, 6.45) is 2.37. The number of carbonyl (C=O) groups is 1. The Bertz CT molecular complexity index is 519. The summed E-state index contributed by atoms with van der Waals surface area (Å²) in [6.45, 7) is 3.22. The first-order valence-electron chi connectivity index (χ1n) is 6.68. The van der Waals surface area contributed by atoms with Gasteiger partial charge in [0.2, 0.25) is 0 Å². The molecule has 0 bridgehead atoms. The van der Waals surface area contributed by atoms with E-state index in [-0.39, 0.29) is 11.9 Å². The molecule has 0 saturated carbocycles. The van der Waals surface area contributed by atoms with E-state index in [1.54, 1.807) is 12.3 Å². The molecule has 1 amide bonds. The lowest BCUT2D eigenvalue weighted by Gasteiger charge is -2.22. The standard InChI is InChI=1S/C14H20N2O3S/c1-10(6-9-20(2)18)16-14(17)11-4-3-5-12-13(11)19-8-7-15-12/h3-5,10,15H,6-9H2,1-2H3,(H,16,17). The third kappa shape index (κ3) is 3.72. The Kier molecular flexibility index (Phi) is 5.00. The van der Waals surface area contributed by atoms with E-state index in [0.29, 0.717) is 30.1 Å². The monoisotopic (exact) mass is 296 g/mol. The molecular weight excluding hydrogens is 276 g/mol. The molecule has 5 nitrogen and oxygen atoms in total. The molecule has 2 N–H and O–H groups in total. The number of anilines is 1. The Morgan fingerprint density at radius 3 is 3.10 bits per heavy atom. The second-order valence-electron chi connectivity index (χ2n) is 4.90. The maximum Gasteiger partial charge on any atom is 0.255 e. The van der Waals surface area contributed by atoms with Crippen LogP contribution in [0.4, 0.5) is 5.69 Å². The van der Waals surface area contributed by atoms with Gasteiger partial charge < -0.3 is 15.4 Å². The fourth-order valence-corrected chi connectivity index (χ4v) is 2.75. The lowest BCUT2D eigenvalue weighted by molar-refractivity contribution is 0.0935. The molecule has 1 aromatic rings. The lowest BCUT2D eigenvalue weighted by Crippen LogP contribution is -2.34. The molecule has 1 aliphatic heterocycles. The molecule has 0 aromatic heterocycles. The van der Waals surface area contributed by atoms with Crippen LogP contribution in [0.2, 0.25) is 0 Å². The van der Waals surface area contributed by atoms with Crippen LogP contribution in [-0.4, -0.2) is 41.3 Å². The number of carbonyl (C=O) groups excluding carboxylic acids is 1. The van der Waals surface area contributed by atoms with Gasteiger partial charge in [0, 0.05) is 35.4 Å². The van der Waals surface area contributed by atoms with E-state index in [1.165, 1.54) is 0 Å².